The van der Waals surface area contributed by atoms with Crippen LogP contribution in [0.15, 0.2) is 36.0 Å². The van der Waals surface area contributed by atoms with E-state index in [9.17, 15) is 9.59 Å². The summed E-state index contributed by atoms with van der Waals surface area (Å²) in [4.78, 5) is 29.9. The summed E-state index contributed by atoms with van der Waals surface area (Å²) in [7, 11) is 1.48. The first-order valence-electron chi connectivity index (χ1n) is 8.02. The van der Waals surface area contributed by atoms with Gasteiger partial charge in [-0.05, 0) is 31.2 Å². The highest BCUT2D eigenvalue weighted by molar-refractivity contribution is 7.15. The molecule has 4 N–H and O–H groups in total. The predicted octanol–water partition coefficient (Wildman–Crippen LogP) is 1.74. The second kappa shape index (κ2) is 7.98. The molecule has 0 spiro atoms. The number of amides is 2. The molecule has 2 amide bonds. The molecule has 0 fully saturated rings. The third kappa shape index (κ3) is 3.84. The third-order valence-corrected chi connectivity index (χ3v) is 4.48. The van der Waals surface area contributed by atoms with Gasteiger partial charge in [0.05, 0.1) is 18.9 Å². The number of rotatable bonds is 7. The quantitative estimate of drug-likeness (QED) is 0.546. The number of carbonyl (C=O) groups excluding carboxylic acids is 2. The Hall–Kier alpha value is -2.91. The molecule has 0 saturated heterocycles. The third-order valence-electron chi connectivity index (χ3n) is 3.71. The Morgan fingerprint density at radius 1 is 1.35 bits per heavy atom. The van der Waals surface area contributed by atoms with Crippen LogP contribution in [0.1, 0.15) is 27.1 Å². The highest BCUT2D eigenvalue weighted by Crippen LogP contribution is 2.21. The van der Waals surface area contributed by atoms with Crippen molar-refractivity contribution in [2.75, 3.05) is 25.5 Å². The van der Waals surface area contributed by atoms with Crippen LogP contribution in [0, 0.1) is 0 Å². The molecule has 0 saturated carbocycles. The lowest BCUT2D eigenvalue weighted by atomic mass is 10.1. The Morgan fingerprint density at radius 3 is 2.92 bits per heavy atom. The molecule has 8 nitrogen and oxygen atoms in total. The van der Waals surface area contributed by atoms with E-state index in [1.54, 1.807) is 18.3 Å². The lowest BCUT2D eigenvalue weighted by Gasteiger charge is -2.11. The zero-order valence-electron chi connectivity index (χ0n) is 14.2. The van der Waals surface area contributed by atoms with Gasteiger partial charge in [0.15, 0.2) is 10.8 Å². The molecule has 0 aliphatic carbocycles. The lowest BCUT2D eigenvalue weighted by molar-refractivity contribution is 0.0950. The summed E-state index contributed by atoms with van der Waals surface area (Å²) < 4.78 is 7.05. The zero-order valence-corrected chi connectivity index (χ0v) is 15.0. The SMILES string of the molecule is COc1ccc(C(=O)Nc2cn3ccsc3n2)cc1C(=O)NCCCN. The van der Waals surface area contributed by atoms with Crippen molar-refractivity contribution in [2.45, 2.75) is 6.42 Å². The molecule has 0 bridgehead atoms. The van der Waals surface area contributed by atoms with Gasteiger partial charge < -0.3 is 21.1 Å². The summed E-state index contributed by atoms with van der Waals surface area (Å²) in [6.07, 6.45) is 4.26. The first kappa shape index (κ1) is 17.9. The van der Waals surface area contributed by atoms with Gasteiger partial charge in [-0.1, -0.05) is 0 Å². The number of thiazole rings is 1. The number of ether oxygens (including phenoxy) is 1. The van der Waals surface area contributed by atoms with Gasteiger partial charge in [0.25, 0.3) is 11.8 Å². The molecule has 2 heterocycles. The lowest BCUT2D eigenvalue weighted by Crippen LogP contribution is -2.26. The molecule has 2 aromatic heterocycles. The van der Waals surface area contributed by atoms with Crippen LogP contribution in [0.3, 0.4) is 0 Å². The van der Waals surface area contributed by atoms with Crippen LogP contribution in [-0.2, 0) is 0 Å². The van der Waals surface area contributed by atoms with Gasteiger partial charge in [0, 0.05) is 23.7 Å². The van der Waals surface area contributed by atoms with Crippen LogP contribution in [-0.4, -0.2) is 41.4 Å². The second-order valence-electron chi connectivity index (χ2n) is 5.49. The van der Waals surface area contributed by atoms with E-state index in [-0.39, 0.29) is 11.8 Å². The number of imidazole rings is 1. The van der Waals surface area contributed by atoms with Gasteiger partial charge in [-0.15, -0.1) is 11.3 Å². The molecule has 0 unspecified atom stereocenters. The molecule has 3 rings (SSSR count). The van der Waals surface area contributed by atoms with Crippen molar-refractivity contribution in [1.82, 2.24) is 14.7 Å². The number of hydrogen-bond acceptors (Lipinski definition) is 6. The molecule has 0 aliphatic heterocycles. The van der Waals surface area contributed by atoms with Crippen LogP contribution in [0.25, 0.3) is 4.96 Å². The van der Waals surface area contributed by atoms with Gasteiger partial charge >= 0.3 is 0 Å². The van der Waals surface area contributed by atoms with E-state index in [0.29, 0.717) is 42.2 Å². The minimum atomic E-state index is -0.352. The number of methoxy groups -OCH3 is 1. The number of anilines is 1. The summed E-state index contributed by atoms with van der Waals surface area (Å²) in [5.74, 6) is 0.183. The van der Waals surface area contributed by atoms with Crippen molar-refractivity contribution in [3.05, 3.63) is 47.1 Å². The Labute approximate surface area is 154 Å². The van der Waals surface area contributed by atoms with Gasteiger partial charge in [-0.25, -0.2) is 4.98 Å². The molecule has 1 aromatic carbocycles. The summed E-state index contributed by atoms with van der Waals surface area (Å²) in [5, 5.41) is 7.41. The van der Waals surface area contributed by atoms with Crippen molar-refractivity contribution in [1.29, 1.82) is 0 Å². The van der Waals surface area contributed by atoms with Crippen LogP contribution in [0.2, 0.25) is 0 Å². The highest BCUT2D eigenvalue weighted by atomic mass is 32.1. The average Bonchev–Trinajstić information content (AvgIpc) is 3.22. The summed E-state index contributed by atoms with van der Waals surface area (Å²) in [5.41, 5.74) is 6.06. The fraction of sp³-hybridized carbons (Fsp3) is 0.235. The number of carbonyl (C=O) groups is 2. The van der Waals surface area contributed by atoms with Crippen molar-refractivity contribution in [3.63, 3.8) is 0 Å². The summed E-state index contributed by atoms with van der Waals surface area (Å²) in [6, 6.07) is 4.70. The van der Waals surface area contributed by atoms with E-state index in [1.807, 2.05) is 16.0 Å². The van der Waals surface area contributed by atoms with E-state index in [4.69, 9.17) is 10.5 Å². The molecule has 3 aromatic rings. The highest BCUT2D eigenvalue weighted by Gasteiger charge is 2.16. The number of hydrogen-bond donors (Lipinski definition) is 3. The number of fused-ring (bicyclic) bond motifs is 1. The topological polar surface area (TPSA) is 111 Å². The Kier molecular flexibility index (Phi) is 5.49. The largest absolute Gasteiger partial charge is 0.496 e. The molecular formula is C17H19N5O3S. The monoisotopic (exact) mass is 373 g/mol. The fourth-order valence-corrected chi connectivity index (χ4v) is 3.10. The van der Waals surface area contributed by atoms with E-state index in [2.05, 4.69) is 15.6 Å². The maximum Gasteiger partial charge on any atom is 0.256 e. The standard InChI is InChI=1S/C17H19N5O3S/c1-25-13-4-3-11(9-12(13)16(24)19-6-2-5-18)15(23)20-14-10-22-7-8-26-17(22)21-14/h3-4,7-10H,2,5-6,18H2,1H3,(H,19,24)(H,20,23). The number of aromatic nitrogens is 2. The number of nitrogens with zero attached hydrogens (tertiary/aromatic N) is 2. The molecule has 9 heteroatoms. The van der Waals surface area contributed by atoms with Gasteiger partial charge in [-0.3, -0.25) is 14.0 Å². The number of nitrogens with one attached hydrogen (secondary N) is 2. The van der Waals surface area contributed by atoms with Crippen LogP contribution < -0.4 is 21.1 Å². The molecule has 0 aliphatic rings. The number of nitrogens with two attached hydrogens (primary N) is 1. The van der Waals surface area contributed by atoms with Gasteiger partial charge in [-0.2, -0.15) is 0 Å². The molecular weight excluding hydrogens is 354 g/mol. The molecule has 26 heavy (non-hydrogen) atoms. The van der Waals surface area contributed by atoms with Crippen molar-refractivity contribution in [2.24, 2.45) is 5.73 Å². The van der Waals surface area contributed by atoms with E-state index < -0.39 is 0 Å². The summed E-state index contributed by atoms with van der Waals surface area (Å²) >= 11 is 1.47. The predicted molar refractivity (Wildman–Crippen MR) is 100 cm³/mol. The van der Waals surface area contributed by atoms with Crippen LogP contribution >= 0.6 is 11.3 Å². The molecule has 0 radical (unpaired) electrons. The first-order chi connectivity index (χ1) is 12.6. The smallest absolute Gasteiger partial charge is 0.256 e. The Balaban J connectivity index is 1.78. The zero-order chi connectivity index (χ0) is 18.5. The molecule has 0 atom stereocenters. The average molecular weight is 373 g/mol. The first-order valence-corrected chi connectivity index (χ1v) is 8.90. The van der Waals surface area contributed by atoms with Crippen LogP contribution in [0.4, 0.5) is 5.82 Å². The fourth-order valence-electron chi connectivity index (χ4n) is 2.40. The van der Waals surface area contributed by atoms with Crippen LogP contribution in [0.5, 0.6) is 5.75 Å². The molecule has 136 valence electrons. The van der Waals surface area contributed by atoms with Crippen molar-refractivity contribution < 1.29 is 14.3 Å². The van der Waals surface area contributed by atoms with Gasteiger partial charge in [0.2, 0.25) is 0 Å². The Morgan fingerprint density at radius 2 is 2.19 bits per heavy atom. The van der Waals surface area contributed by atoms with E-state index >= 15 is 0 Å². The van der Waals surface area contributed by atoms with Crippen molar-refractivity contribution >= 4 is 33.9 Å². The van der Waals surface area contributed by atoms with E-state index in [1.165, 1.54) is 24.5 Å². The normalized spacial score (nSPS) is 10.7. The second-order valence-corrected chi connectivity index (χ2v) is 6.36. The maximum atomic E-state index is 12.5. The number of benzene rings is 1. The van der Waals surface area contributed by atoms with E-state index in [0.717, 1.165) is 4.96 Å². The maximum absolute atomic E-state index is 12.5. The minimum absolute atomic E-state index is 0.294. The van der Waals surface area contributed by atoms with Crippen molar-refractivity contribution in [3.8, 4) is 5.75 Å². The summed E-state index contributed by atoms with van der Waals surface area (Å²) in [6.45, 7) is 0.947. The van der Waals surface area contributed by atoms with Gasteiger partial charge in [0.1, 0.15) is 5.75 Å². The minimum Gasteiger partial charge on any atom is -0.496 e. The Bertz CT molecular complexity index is 905.